The summed E-state index contributed by atoms with van der Waals surface area (Å²) in [5.41, 5.74) is 1.09. The first-order valence-corrected chi connectivity index (χ1v) is 12.7. The topological polar surface area (TPSA) is 106 Å². The maximum absolute atomic E-state index is 13.1. The molecule has 1 saturated heterocycles. The van der Waals surface area contributed by atoms with Crippen LogP contribution in [0.25, 0.3) is 0 Å². The number of rotatable bonds is 7. The third-order valence-corrected chi connectivity index (χ3v) is 8.54. The minimum atomic E-state index is -3.65. The Labute approximate surface area is 186 Å². The number of aromatic nitrogens is 3. The number of benzene rings is 1. The Morgan fingerprint density at radius 2 is 1.94 bits per heavy atom. The number of ether oxygens (including phenoxy) is 1. The lowest BCUT2D eigenvalue weighted by atomic mass is 10.2. The summed E-state index contributed by atoms with van der Waals surface area (Å²) in [6.07, 6.45) is 2.22. The Morgan fingerprint density at radius 3 is 2.61 bits per heavy atom. The number of sulfonamides is 1. The van der Waals surface area contributed by atoms with Crippen molar-refractivity contribution >= 4 is 33.4 Å². The maximum Gasteiger partial charge on any atom is 0.243 e. The zero-order valence-corrected chi connectivity index (χ0v) is 19.5. The molecule has 1 N–H and O–H groups in total. The summed E-state index contributed by atoms with van der Waals surface area (Å²) in [6, 6.07) is 5.40. The zero-order valence-electron chi connectivity index (χ0n) is 17.9. The van der Waals surface area contributed by atoms with E-state index >= 15 is 0 Å². The van der Waals surface area contributed by atoms with Gasteiger partial charge in [-0.05, 0) is 51.3 Å². The summed E-state index contributed by atoms with van der Waals surface area (Å²) in [7, 11) is -3.65. The molecule has 9 nitrogen and oxygen atoms in total. The molecule has 1 aliphatic heterocycles. The van der Waals surface area contributed by atoms with Gasteiger partial charge >= 0.3 is 0 Å². The van der Waals surface area contributed by atoms with Crippen molar-refractivity contribution in [2.24, 2.45) is 0 Å². The first kappa shape index (κ1) is 22.3. The second-order valence-electron chi connectivity index (χ2n) is 7.88. The molecule has 1 saturated carbocycles. The minimum absolute atomic E-state index is 0.205. The van der Waals surface area contributed by atoms with Crippen LogP contribution in [0.1, 0.15) is 37.2 Å². The molecule has 1 aromatic heterocycles. The van der Waals surface area contributed by atoms with E-state index in [4.69, 9.17) is 4.74 Å². The van der Waals surface area contributed by atoms with E-state index in [1.54, 1.807) is 26.0 Å². The van der Waals surface area contributed by atoms with E-state index in [9.17, 15) is 13.2 Å². The number of morpholine rings is 1. The molecule has 2 aromatic rings. The molecular formula is C20H27N5O4S2. The molecule has 0 spiro atoms. The molecule has 0 radical (unpaired) electrons. The van der Waals surface area contributed by atoms with Crippen molar-refractivity contribution in [1.29, 1.82) is 0 Å². The van der Waals surface area contributed by atoms with Gasteiger partial charge in [0.25, 0.3) is 0 Å². The summed E-state index contributed by atoms with van der Waals surface area (Å²) in [6.45, 7) is 6.90. The quantitative estimate of drug-likeness (QED) is 0.626. The Bertz CT molecular complexity index is 1080. The molecule has 2 heterocycles. The lowest BCUT2D eigenvalue weighted by Crippen LogP contribution is -2.40. The van der Waals surface area contributed by atoms with Gasteiger partial charge in [-0.1, -0.05) is 17.8 Å². The van der Waals surface area contributed by atoms with Gasteiger partial charge < -0.3 is 14.6 Å². The minimum Gasteiger partial charge on any atom is -0.379 e. The number of anilines is 1. The highest BCUT2D eigenvalue weighted by Gasteiger charge is 2.30. The Balaban J connectivity index is 1.48. The van der Waals surface area contributed by atoms with Crippen LogP contribution in [0.3, 0.4) is 0 Å². The highest BCUT2D eigenvalue weighted by Crippen LogP contribution is 2.39. The number of carbonyl (C=O) groups excluding carboxylic acids is 1. The smallest absolute Gasteiger partial charge is 0.243 e. The third kappa shape index (κ3) is 4.79. The van der Waals surface area contributed by atoms with Crippen LogP contribution in [0.2, 0.25) is 0 Å². The van der Waals surface area contributed by atoms with Crippen LogP contribution in [0.4, 0.5) is 5.69 Å². The van der Waals surface area contributed by atoms with Gasteiger partial charge in [-0.25, -0.2) is 8.42 Å². The molecule has 0 bridgehead atoms. The molecular weight excluding hydrogens is 438 g/mol. The molecule has 168 valence electrons. The Morgan fingerprint density at radius 1 is 1.23 bits per heavy atom. The van der Waals surface area contributed by atoms with Gasteiger partial charge in [0, 0.05) is 24.8 Å². The van der Waals surface area contributed by atoms with Gasteiger partial charge in [0.15, 0.2) is 5.16 Å². The van der Waals surface area contributed by atoms with E-state index in [0.717, 1.165) is 23.8 Å². The molecule has 2 fully saturated rings. The Hall–Kier alpha value is -1.95. The molecule has 1 aromatic carbocycles. The molecule has 1 amide bonds. The van der Waals surface area contributed by atoms with Gasteiger partial charge in [-0.3, -0.25) is 4.79 Å². The number of aryl methyl sites for hydroxylation is 2. The van der Waals surface area contributed by atoms with E-state index < -0.39 is 15.3 Å². The number of amides is 1. The third-order valence-electron chi connectivity index (χ3n) is 5.44. The van der Waals surface area contributed by atoms with Crippen molar-refractivity contribution in [2.45, 2.75) is 55.0 Å². The second kappa shape index (κ2) is 8.89. The van der Waals surface area contributed by atoms with Crippen molar-refractivity contribution in [3.05, 3.63) is 29.6 Å². The lowest BCUT2D eigenvalue weighted by molar-refractivity contribution is -0.115. The summed E-state index contributed by atoms with van der Waals surface area (Å²) >= 11 is 1.36. The number of hydrogen-bond acceptors (Lipinski definition) is 7. The number of nitrogens with zero attached hydrogens (tertiary/aromatic N) is 4. The van der Waals surface area contributed by atoms with E-state index in [1.165, 1.54) is 22.1 Å². The SMILES string of the molecule is Cc1ccc(NC(=O)[C@H](C)Sc2nnc(C)n2C2CC2)cc1S(=O)(=O)N1CCOCC1. The molecule has 1 aliphatic carbocycles. The monoisotopic (exact) mass is 465 g/mol. The highest BCUT2D eigenvalue weighted by atomic mass is 32.2. The fourth-order valence-electron chi connectivity index (χ4n) is 3.52. The largest absolute Gasteiger partial charge is 0.379 e. The van der Waals surface area contributed by atoms with E-state index in [-0.39, 0.29) is 10.8 Å². The van der Waals surface area contributed by atoms with Gasteiger partial charge in [0.2, 0.25) is 15.9 Å². The first-order valence-electron chi connectivity index (χ1n) is 10.3. The van der Waals surface area contributed by atoms with Crippen LogP contribution in [-0.4, -0.2) is 64.9 Å². The number of nitrogens with one attached hydrogen (secondary N) is 1. The second-order valence-corrected chi connectivity index (χ2v) is 11.1. The number of carbonyl (C=O) groups is 1. The van der Waals surface area contributed by atoms with Crippen LogP contribution in [0.15, 0.2) is 28.3 Å². The predicted octanol–water partition coefficient (Wildman–Crippen LogP) is 2.37. The van der Waals surface area contributed by atoms with E-state index in [1.807, 2.05) is 6.92 Å². The molecule has 2 aliphatic rings. The fourth-order valence-corrected chi connectivity index (χ4v) is 6.14. The van der Waals surface area contributed by atoms with Crippen LogP contribution >= 0.6 is 11.8 Å². The number of hydrogen-bond donors (Lipinski definition) is 1. The van der Waals surface area contributed by atoms with Gasteiger partial charge in [0.1, 0.15) is 5.82 Å². The van der Waals surface area contributed by atoms with E-state index in [0.29, 0.717) is 43.6 Å². The highest BCUT2D eigenvalue weighted by molar-refractivity contribution is 8.00. The molecule has 1 atom stereocenters. The molecule has 0 unspecified atom stereocenters. The van der Waals surface area contributed by atoms with Crippen molar-refractivity contribution in [2.75, 3.05) is 31.6 Å². The van der Waals surface area contributed by atoms with Crippen molar-refractivity contribution < 1.29 is 17.9 Å². The van der Waals surface area contributed by atoms with Crippen LogP contribution in [0, 0.1) is 13.8 Å². The van der Waals surface area contributed by atoms with Crippen LogP contribution < -0.4 is 5.32 Å². The van der Waals surface area contributed by atoms with Crippen LogP contribution in [-0.2, 0) is 19.6 Å². The predicted molar refractivity (Wildman–Crippen MR) is 118 cm³/mol. The lowest BCUT2D eigenvalue weighted by Gasteiger charge is -2.27. The molecule has 31 heavy (non-hydrogen) atoms. The number of thioether (sulfide) groups is 1. The summed E-state index contributed by atoms with van der Waals surface area (Å²) in [5.74, 6) is 0.640. The standard InChI is InChI=1S/C20H27N5O4S2/c1-13-4-5-16(12-18(13)31(27,28)24-8-10-29-11-9-24)21-19(26)14(2)30-20-23-22-15(3)25(20)17-6-7-17/h4-5,12,14,17H,6-11H2,1-3H3,(H,21,26)/t14-/m0/s1. The molecule has 4 rings (SSSR count). The van der Waals surface area contributed by atoms with Crippen molar-refractivity contribution in [3.63, 3.8) is 0 Å². The summed E-state index contributed by atoms with van der Waals surface area (Å²) < 4.78 is 34.9. The normalized spacial score (nSPS) is 18.7. The average Bonchev–Trinajstić information content (AvgIpc) is 3.52. The van der Waals surface area contributed by atoms with Crippen molar-refractivity contribution in [1.82, 2.24) is 19.1 Å². The van der Waals surface area contributed by atoms with Gasteiger partial charge in [-0.2, -0.15) is 4.31 Å². The Kier molecular flexibility index (Phi) is 6.38. The van der Waals surface area contributed by atoms with E-state index in [2.05, 4.69) is 20.1 Å². The maximum atomic E-state index is 13.1. The first-order chi connectivity index (χ1) is 14.8. The fraction of sp³-hybridized carbons (Fsp3) is 0.550. The van der Waals surface area contributed by atoms with Crippen LogP contribution in [0.5, 0.6) is 0 Å². The van der Waals surface area contributed by atoms with Gasteiger partial charge in [0.05, 0.1) is 23.4 Å². The summed E-state index contributed by atoms with van der Waals surface area (Å²) in [4.78, 5) is 13.0. The van der Waals surface area contributed by atoms with Gasteiger partial charge in [-0.15, -0.1) is 10.2 Å². The summed E-state index contributed by atoms with van der Waals surface area (Å²) in [5, 5.41) is 11.5. The van der Waals surface area contributed by atoms with Crippen molar-refractivity contribution in [3.8, 4) is 0 Å². The molecule has 11 heteroatoms. The zero-order chi connectivity index (χ0) is 22.2. The average molecular weight is 466 g/mol.